The zero-order chi connectivity index (χ0) is 10.0. The molecule has 0 amide bonds. The van der Waals surface area contributed by atoms with Gasteiger partial charge in [-0.2, -0.15) is 0 Å². The molecule has 0 aliphatic carbocycles. The summed E-state index contributed by atoms with van der Waals surface area (Å²) in [5, 5.41) is 14.5. The van der Waals surface area contributed by atoms with Crippen molar-refractivity contribution in [2.45, 2.75) is 18.3 Å². The molecule has 0 spiro atoms. The molecule has 1 fully saturated rings. The van der Waals surface area contributed by atoms with E-state index in [2.05, 4.69) is 5.32 Å². The summed E-state index contributed by atoms with van der Waals surface area (Å²) in [7, 11) is 0. The molecule has 0 atom stereocenters. The number of aliphatic carboxylic acids is 1. The van der Waals surface area contributed by atoms with Crippen molar-refractivity contribution in [2.24, 2.45) is 0 Å². The van der Waals surface area contributed by atoms with Crippen molar-refractivity contribution in [3.8, 4) is 0 Å². The monoisotopic (exact) mass is 247 g/mol. The highest BCUT2D eigenvalue weighted by Gasteiger charge is 2.42. The van der Waals surface area contributed by atoms with Crippen LogP contribution in [0.5, 0.6) is 0 Å². The summed E-state index contributed by atoms with van der Waals surface area (Å²) >= 11 is 1.55. The fraction of sp³-hybridized carbons (Fsp3) is 0.500. The molecule has 84 valence electrons. The number of carboxylic acid groups (broad SMARTS) is 1. The first-order valence-corrected chi connectivity index (χ1v) is 5.62. The Bertz CT molecular complexity index is 320. The molecule has 0 aromatic carbocycles. The first-order chi connectivity index (χ1) is 6.76. The molecule has 2 rings (SSSR count). The maximum atomic E-state index is 11.4. The average molecular weight is 248 g/mol. The van der Waals surface area contributed by atoms with Crippen LogP contribution in [-0.2, 0) is 10.2 Å². The van der Waals surface area contributed by atoms with E-state index in [0.717, 1.165) is 18.0 Å². The molecular formula is C10H14ClNO2S. The van der Waals surface area contributed by atoms with E-state index < -0.39 is 11.4 Å². The first kappa shape index (κ1) is 12.5. The number of rotatable bonds is 2. The van der Waals surface area contributed by atoms with E-state index in [4.69, 9.17) is 0 Å². The third kappa shape index (κ3) is 2.17. The quantitative estimate of drug-likeness (QED) is 0.839. The summed E-state index contributed by atoms with van der Waals surface area (Å²) < 4.78 is 0. The lowest BCUT2D eigenvalue weighted by atomic mass is 9.78. The number of hydrogen-bond donors (Lipinski definition) is 2. The number of halogens is 1. The van der Waals surface area contributed by atoms with Gasteiger partial charge in [-0.15, -0.1) is 23.7 Å². The molecule has 0 saturated carbocycles. The van der Waals surface area contributed by atoms with Crippen molar-refractivity contribution in [2.75, 3.05) is 13.1 Å². The van der Waals surface area contributed by atoms with E-state index >= 15 is 0 Å². The van der Waals surface area contributed by atoms with Crippen LogP contribution in [0.2, 0.25) is 0 Å². The van der Waals surface area contributed by atoms with E-state index in [1.54, 1.807) is 11.3 Å². The molecule has 2 heterocycles. The van der Waals surface area contributed by atoms with Gasteiger partial charge in [0.25, 0.3) is 0 Å². The van der Waals surface area contributed by atoms with Gasteiger partial charge in [-0.3, -0.25) is 4.79 Å². The molecule has 3 nitrogen and oxygen atoms in total. The highest BCUT2D eigenvalue weighted by Crippen LogP contribution is 2.36. The average Bonchev–Trinajstić information content (AvgIpc) is 2.72. The fourth-order valence-electron chi connectivity index (χ4n) is 1.97. The molecule has 1 aromatic heterocycles. The largest absolute Gasteiger partial charge is 0.481 e. The molecule has 5 heteroatoms. The number of nitrogens with one attached hydrogen (secondary N) is 1. The summed E-state index contributed by atoms with van der Waals surface area (Å²) in [6.07, 6.45) is 1.39. The maximum absolute atomic E-state index is 11.4. The standard InChI is InChI=1S/C10H13NO2S.ClH/c12-9(13)10(3-5-11-6-4-10)8-2-1-7-14-8;/h1-2,7,11H,3-6H2,(H,12,13);1H. The van der Waals surface area contributed by atoms with Crippen LogP contribution < -0.4 is 5.32 Å². The van der Waals surface area contributed by atoms with Crippen LogP contribution in [0.15, 0.2) is 17.5 Å². The van der Waals surface area contributed by atoms with Crippen LogP contribution in [0.25, 0.3) is 0 Å². The summed E-state index contributed by atoms with van der Waals surface area (Å²) in [4.78, 5) is 12.3. The van der Waals surface area contributed by atoms with Crippen LogP contribution >= 0.6 is 23.7 Å². The molecule has 0 unspecified atom stereocenters. The van der Waals surface area contributed by atoms with E-state index in [0.29, 0.717) is 12.8 Å². The van der Waals surface area contributed by atoms with Crippen LogP contribution in [0, 0.1) is 0 Å². The Morgan fingerprint density at radius 3 is 2.60 bits per heavy atom. The second kappa shape index (κ2) is 4.96. The summed E-state index contributed by atoms with van der Waals surface area (Å²) in [6, 6.07) is 3.86. The topological polar surface area (TPSA) is 49.3 Å². The van der Waals surface area contributed by atoms with E-state index in [1.807, 2.05) is 17.5 Å². The Morgan fingerprint density at radius 2 is 2.13 bits per heavy atom. The molecule has 0 bridgehead atoms. The molecule has 15 heavy (non-hydrogen) atoms. The molecular weight excluding hydrogens is 234 g/mol. The lowest BCUT2D eigenvalue weighted by Crippen LogP contribution is -2.45. The lowest BCUT2D eigenvalue weighted by Gasteiger charge is -2.32. The van der Waals surface area contributed by atoms with Gasteiger partial charge in [0.1, 0.15) is 5.41 Å². The summed E-state index contributed by atoms with van der Waals surface area (Å²) in [6.45, 7) is 1.59. The van der Waals surface area contributed by atoms with Crippen LogP contribution in [-0.4, -0.2) is 24.2 Å². The van der Waals surface area contributed by atoms with E-state index in [-0.39, 0.29) is 12.4 Å². The summed E-state index contributed by atoms with van der Waals surface area (Å²) in [5.74, 6) is -0.679. The Morgan fingerprint density at radius 1 is 1.47 bits per heavy atom. The molecule has 2 N–H and O–H groups in total. The van der Waals surface area contributed by atoms with Gasteiger partial charge in [-0.1, -0.05) is 6.07 Å². The maximum Gasteiger partial charge on any atom is 0.315 e. The van der Waals surface area contributed by atoms with Gasteiger partial charge in [0.15, 0.2) is 0 Å². The van der Waals surface area contributed by atoms with Crippen molar-refractivity contribution in [1.82, 2.24) is 5.32 Å². The van der Waals surface area contributed by atoms with Gasteiger partial charge < -0.3 is 10.4 Å². The van der Waals surface area contributed by atoms with Gasteiger partial charge in [0, 0.05) is 4.88 Å². The third-order valence-electron chi connectivity index (χ3n) is 2.86. The van der Waals surface area contributed by atoms with Gasteiger partial charge in [-0.25, -0.2) is 0 Å². The Balaban J connectivity index is 0.00000112. The van der Waals surface area contributed by atoms with Gasteiger partial charge in [-0.05, 0) is 37.4 Å². The molecule has 0 radical (unpaired) electrons. The second-order valence-electron chi connectivity index (χ2n) is 3.61. The van der Waals surface area contributed by atoms with Gasteiger partial charge in [0.05, 0.1) is 0 Å². The lowest BCUT2D eigenvalue weighted by molar-refractivity contribution is -0.144. The number of carboxylic acids is 1. The number of hydrogen-bond acceptors (Lipinski definition) is 3. The predicted molar refractivity (Wildman–Crippen MR) is 63.0 cm³/mol. The summed E-state index contributed by atoms with van der Waals surface area (Å²) in [5.41, 5.74) is -0.626. The van der Waals surface area contributed by atoms with E-state index in [9.17, 15) is 9.90 Å². The number of carbonyl (C=O) groups is 1. The fourth-order valence-corrected chi connectivity index (χ4v) is 2.95. The molecule has 1 aromatic rings. The molecule has 1 saturated heterocycles. The highest BCUT2D eigenvalue weighted by atomic mass is 35.5. The minimum absolute atomic E-state index is 0. The van der Waals surface area contributed by atoms with Crippen molar-refractivity contribution in [3.05, 3.63) is 22.4 Å². The molecule has 1 aliphatic rings. The first-order valence-electron chi connectivity index (χ1n) is 4.74. The van der Waals surface area contributed by atoms with Crippen molar-refractivity contribution in [3.63, 3.8) is 0 Å². The Kier molecular flexibility index (Phi) is 4.13. The zero-order valence-corrected chi connectivity index (χ0v) is 9.87. The Hall–Kier alpha value is -0.580. The van der Waals surface area contributed by atoms with Crippen LogP contribution in [0.1, 0.15) is 17.7 Å². The molecule has 1 aliphatic heterocycles. The number of piperidine rings is 1. The minimum atomic E-state index is -0.679. The van der Waals surface area contributed by atoms with Gasteiger partial charge in [0.2, 0.25) is 0 Å². The zero-order valence-electron chi connectivity index (χ0n) is 8.23. The van der Waals surface area contributed by atoms with Crippen LogP contribution in [0.4, 0.5) is 0 Å². The Labute approximate surface area is 98.9 Å². The second-order valence-corrected chi connectivity index (χ2v) is 4.56. The van der Waals surface area contributed by atoms with Gasteiger partial charge >= 0.3 is 5.97 Å². The van der Waals surface area contributed by atoms with E-state index in [1.165, 1.54) is 0 Å². The van der Waals surface area contributed by atoms with Crippen LogP contribution in [0.3, 0.4) is 0 Å². The van der Waals surface area contributed by atoms with Crippen molar-refractivity contribution >= 4 is 29.7 Å². The predicted octanol–water partition coefficient (Wildman–Crippen LogP) is 1.88. The normalized spacial score (nSPS) is 19.2. The number of thiophene rings is 1. The third-order valence-corrected chi connectivity index (χ3v) is 3.93. The SMILES string of the molecule is Cl.O=C(O)C1(c2cccs2)CCNCC1. The highest BCUT2D eigenvalue weighted by molar-refractivity contribution is 7.10. The van der Waals surface area contributed by atoms with Crippen molar-refractivity contribution < 1.29 is 9.90 Å². The minimum Gasteiger partial charge on any atom is -0.481 e. The van der Waals surface area contributed by atoms with Crippen molar-refractivity contribution in [1.29, 1.82) is 0 Å². The smallest absolute Gasteiger partial charge is 0.315 e.